The van der Waals surface area contributed by atoms with Crippen LogP contribution in [0, 0.1) is 11.7 Å². The number of hydrogen-bond acceptors (Lipinski definition) is 4. The topological polar surface area (TPSA) is 87.3 Å². The van der Waals surface area contributed by atoms with Gasteiger partial charge in [-0.2, -0.15) is 5.10 Å². The van der Waals surface area contributed by atoms with Crippen molar-refractivity contribution in [2.75, 3.05) is 31.7 Å². The first-order chi connectivity index (χ1) is 11.1. The highest BCUT2D eigenvalue weighted by atomic mass is 19.1. The minimum Gasteiger partial charge on any atom is -0.383 e. The predicted molar refractivity (Wildman–Crippen MR) is 81.4 cm³/mol. The largest absolute Gasteiger partial charge is 0.383 e. The molecule has 8 heteroatoms. The molecule has 1 fully saturated rings. The monoisotopic (exact) mass is 320 g/mol. The van der Waals surface area contributed by atoms with Crippen LogP contribution in [0.1, 0.15) is 6.42 Å². The number of methoxy groups -OCH3 is 1. The summed E-state index contributed by atoms with van der Waals surface area (Å²) in [5.74, 6) is -1.15. The fourth-order valence-corrected chi connectivity index (χ4v) is 2.72. The molecule has 7 nitrogen and oxygen atoms in total. The molecule has 1 aliphatic rings. The van der Waals surface area contributed by atoms with Crippen molar-refractivity contribution >= 4 is 28.5 Å². The van der Waals surface area contributed by atoms with Gasteiger partial charge in [-0.25, -0.2) is 4.39 Å². The lowest BCUT2D eigenvalue weighted by Gasteiger charge is -2.14. The lowest BCUT2D eigenvalue weighted by atomic mass is 10.1. The van der Waals surface area contributed by atoms with Crippen LogP contribution in [0.3, 0.4) is 0 Å². The van der Waals surface area contributed by atoms with E-state index in [2.05, 4.69) is 15.5 Å². The normalized spacial score (nSPS) is 17.9. The lowest BCUT2D eigenvalue weighted by molar-refractivity contribution is -0.126. The number of H-pyrrole nitrogens is 1. The van der Waals surface area contributed by atoms with Gasteiger partial charge in [-0.3, -0.25) is 19.6 Å². The zero-order valence-corrected chi connectivity index (χ0v) is 12.6. The van der Waals surface area contributed by atoms with Gasteiger partial charge in [0.2, 0.25) is 11.8 Å². The van der Waals surface area contributed by atoms with Gasteiger partial charge in [-0.05, 0) is 12.1 Å². The van der Waals surface area contributed by atoms with Crippen LogP contribution >= 0.6 is 0 Å². The molecule has 1 saturated heterocycles. The zero-order chi connectivity index (χ0) is 16.4. The molecule has 1 aliphatic heterocycles. The van der Waals surface area contributed by atoms with Crippen molar-refractivity contribution in [1.29, 1.82) is 0 Å². The van der Waals surface area contributed by atoms with E-state index in [0.717, 1.165) is 0 Å². The Morgan fingerprint density at radius 3 is 3.17 bits per heavy atom. The summed E-state index contributed by atoms with van der Waals surface area (Å²) in [6, 6.07) is 4.57. The van der Waals surface area contributed by atoms with Crippen LogP contribution in [0.4, 0.5) is 10.2 Å². The van der Waals surface area contributed by atoms with E-state index >= 15 is 0 Å². The summed E-state index contributed by atoms with van der Waals surface area (Å²) in [5.41, 5.74) is 0.515. The van der Waals surface area contributed by atoms with Crippen LogP contribution in [-0.2, 0) is 14.3 Å². The number of ether oxygens (including phenoxy) is 1. The lowest BCUT2D eigenvalue weighted by Crippen LogP contribution is -2.34. The number of amides is 2. The van der Waals surface area contributed by atoms with Crippen molar-refractivity contribution in [2.24, 2.45) is 5.92 Å². The molecule has 23 heavy (non-hydrogen) atoms. The van der Waals surface area contributed by atoms with Crippen LogP contribution in [-0.4, -0.2) is 48.8 Å². The van der Waals surface area contributed by atoms with Crippen molar-refractivity contribution in [3.8, 4) is 0 Å². The van der Waals surface area contributed by atoms with E-state index in [1.165, 1.54) is 11.0 Å². The quantitative estimate of drug-likeness (QED) is 0.799. The van der Waals surface area contributed by atoms with Crippen LogP contribution in [0.2, 0.25) is 0 Å². The zero-order valence-electron chi connectivity index (χ0n) is 12.6. The average Bonchev–Trinajstić information content (AvgIpc) is 3.11. The number of anilines is 1. The second kappa shape index (κ2) is 6.33. The highest BCUT2D eigenvalue weighted by Crippen LogP contribution is 2.31. The number of rotatable bonds is 5. The van der Waals surface area contributed by atoms with Gasteiger partial charge in [-0.1, -0.05) is 6.07 Å². The number of carbonyl (C=O) groups excluding carboxylic acids is 2. The summed E-state index contributed by atoms with van der Waals surface area (Å²) in [7, 11) is 1.55. The third-order valence-electron chi connectivity index (χ3n) is 3.88. The number of benzene rings is 1. The van der Waals surface area contributed by atoms with Crippen molar-refractivity contribution in [2.45, 2.75) is 6.42 Å². The minimum atomic E-state index is -0.474. The molecule has 2 aromatic rings. The maximum atomic E-state index is 14.0. The maximum Gasteiger partial charge on any atom is 0.229 e. The minimum absolute atomic E-state index is 0.0849. The standard InChI is InChI=1S/C15H17FN4O3/c1-23-6-5-17-15(22)9-7-12(21)20(8-9)14-13-10(16)3-2-4-11(13)18-19-14/h2-4,9H,5-8H2,1H3,(H,17,22)(H,18,19)/t9-/m0/s1. The molecule has 0 radical (unpaired) electrons. The third kappa shape index (κ3) is 2.89. The van der Waals surface area contributed by atoms with E-state index in [4.69, 9.17) is 4.74 Å². The molecule has 0 bridgehead atoms. The Hall–Kier alpha value is -2.48. The molecule has 2 heterocycles. The van der Waals surface area contributed by atoms with Gasteiger partial charge in [0, 0.05) is 26.6 Å². The van der Waals surface area contributed by atoms with E-state index in [1.807, 2.05) is 0 Å². The van der Waals surface area contributed by atoms with Crippen LogP contribution in [0.25, 0.3) is 10.9 Å². The van der Waals surface area contributed by atoms with Crippen molar-refractivity contribution in [3.63, 3.8) is 0 Å². The summed E-state index contributed by atoms with van der Waals surface area (Å²) in [6.45, 7) is 0.983. The number of carbonyl (C=O) groups is 2. The second-order valence-corrected chi connectivity index (χ2v) is 5.40. The summed E-state index contributed by atoms with van der Waals surface area (Å²) < 4.78 is 18.9. The van der Waals surface area contributed by atoms with E-state index in [1.54, 1.807) is 19.2 Å². The Morgan fingerprint density at radius 1 is 1.57 bits per heavy atom. The molecule has 1 aromatic carbocycles. The Labute approximate surface area is 131 Å². The van der Waals surface area contributed by atoms with Crippen LogP contribution in [0.5, 0.6) is 0 Å². The van der Waals surface area contributed by atoms with Gasteiger partial charge in [0.15, 0.2) is 5.82 Å². The highest BCUT2D eigenvalue weighted by molar-refractivity contribution is 6.05. The van der Waals surface area contributed by atoms with E-state index in [-0.39, 0.29) is 36.0 Å². The van der Waals surface area contributed by atoms with E-state index in [0.29, 0.717) is 18.7 Å². The van der Waals surface area contributed by atoms with Gasteiger partial charge in [0.05, 0.1) is 23.4 Å². The van der Waals surface area contributed by atoms with Crippen molar-refractivity contribution < 1.29 is 18.7 Å². The Balaban J connectivity index is 1.78. The molecule has 0 aliphatic carbocycles. The van der Waals surface area contributed by atoms with Crippen molar-refractivity contribution in [1.82, 2.24) is 15.5 Å². The first-order valence-corrected chi connectivity index (χ1v) is 7.31. The molecule has 3 rings (SSSR count). The molecule has 0 saturated carbocycles. The summed E-state index contributed by atoms with van der Waals surface area (Å²) >= 11 is 0. The molecule has 0 unspecified atom stereocenters. The van der Waals surface area contributed by atoms with Crippen LogP contribution < -0.4 is 10.2 Å². The number of hydrogen-bond donors (Lipinski definition) is 2. The van der Waals surface area contributed by atoms with Gasteiger partial charge in [-0.15, -0.1) is 0 Å². The summed E-state index contributed by atoms with van der Waals surface area (Å²) in [4.78, 5) is 25.6. The Bertz CT molecular complexity index is 745. The number of fused-ring (bicyclic) bond motifs is 1. The first kappa shape index (κ1) is 15.4. The van der Waals surface area contributed by atoms with E-state index in [9.17, 15) is 14.0 Å². The average molecular weight is 320 g/mol. The first-order valence-electron chi connectivity index (χ1n) is 7.31. The molecular weight excluding hydrogens is 303 g/mol. The molecule has 1 aromatic heterocycles. The van der Waals surface area contributed by atoms with Crippen LogP contribution in [0.15, 0.2) is 18.2 Å². The molecule has 1 atom stereocenters. The predicted octanol–water partition coefficient (Wildman–Crippen LogP) is 0.818. The molecular formula is C15H17FN4O3. The molecule has 2 amide bonds. The van der Waals surface area contributed by atoms with Gasteiger partial charge >= 0.3 is 0 Å². The number of halogens is 1. The molecule has 2 N–H and O–H groups in total. The number of nitrogens with zero attached hydrogens (tertiary/aromatic N) is 2. The van der Waals surface area contributed by atoms with Gasteiger partial charge < -0.3 is 10.1 Å². The van der Waals surface area contributed by atoms with E-state index < -0.39 is 11.7 Å². The summed E-state index contributed by atoms with van der Waals surface area (Å²) in [6.07, 6.45) is 0.0849. The number of nitrogens with one attached hydrogen (secondary N) is 2. The molecule has 0 spiro atoms. The van der Waals surface area contributed by atoms with Gasteiger partial charge in [0.25, 0.3) is 0 Å². The van der Waals surface area contributed by atoms with Gasteiger partial charge in [0.1, 0.15) is 5.82 Å². The fraction of sp³-hybridized carbons (Fsp3) is 0.400. The maximum absolute atomic E-state index is 14.0. The number of aromatic nitrogens is 2. The van der Waals surface area contributed by atoms with Crippen molar-refractivity contribution in [3.05, 3.63) is 24.0 Å². The highest BCUT2D eigenvalue weighted by Gasteiger charge is 2.37. The smallest absolute Gasteiger partial charge is 0.229 e. The molecule has 122 valence electrons. The summed E-state index contributed by atoms with van der Waals surface area (Å²) in [5, 5.41) is 9.74. The Kier molecular flexibility index (Phi) is 4.24. The number of aromatic amines is 1. The second-order valence-electron chi connectivity index (χ2n) is 5.40. The fourth-order valence-electron chi connectivity index (χ4n) is 2.72. The Morgan fingerprint density at radius 2 is 2.39 bits per heavy atom. The SMILES string of the molecule is COCCNC(=O)[C@H]1CC(=O)N(c2n[nH]c3cccc(F)c23)C1. The third-order valence-corrected chi connectivity index (χ3v) is 3.88.